The number of aromatic nitrogens is 2. The van der Waals surface area contributed by atoms with Crippen LogP contribution in [0.4, 0.5) is 11.8 Å². The van der Waals surface area contributed by atoms with Crippen molar-refractivity contribution in [2.45, 2.75) is 13.0 Å². The van der Waals surface area contributed by atoms with Gasteiger partial charge in [0.25, 0.3) is 0 Å². The van der Waals surface area contributed by atoms with Crippen LogP contribution in [-0.2, 0) is 9.59 Å². The molecule has 1 aromatic rings. The maximum absolute atomic E-state index is 11.4. The highest BCUT2D eigenvalue weighted by atomic mass is 16.2. The summed E-state index contributed by atoms with van der Waals surface area (Å²) in [6, 6.07) is 1.16. The normalized spacial score (nSPS) is 20.8. The van der Waals surface area contributed by atoms with Crippen LogP contribution < -0.4 is 16.0 Å². The number of hydrogen-bond donors (Lipinski definition) is 2. The number of rotatable bonds is 1. The van der Waals surface area contributed by atoms with Gasteiger partial charge in [0.05, 0.1) is 6.54 Å². The Morgan fingerprint density at radius 2 is 2.31 bits per heavy atom. The van der Waals surface area contributed by atoms with E-state index >= 15 is 0 Å². The molecule has 84 valence electrons. The lowest BCUT2D eigenvalue weighted by atomic mass is 10.2. The lowest BCUT2D eigenvalue weighted by molar-refractivity contribution is -0.132. The minimum absolute atomic E-state index is 0.0867. The minimum atomic E-state index is -0.452. The number of carbonyl (C=O) groups is 2. The largest absolute Gasteiger partial charge is 0.368 e. The Balaban J connectivity index is 2.32. The molecule has 0 spiro atoms. The second kappa shape index (κ2) is 3.76. The molecule has 2 amide bonds. The molecule has 3 N–H and O–H groups in total. The van der Waals surface area contributed by atoms with Crippen LogP contribution in [0.5, 0.6) is 0 Å². The second-order valence-electron chi connectivity index (χ2n) is 3.49. The molecule has 2 rings (SSSR count). The molecule has 1 aromatic heterocycles. The van der Waals surface area contributed by atoms with Crippen LogP contribution >= 0.6 is 0 Å². The third-order valence-corrected chi connectivity index (χ3v) is 2.38. The van der Waals surface area contributed by atoms with Gasteiger partial charge in [0, 0.05) is 6.20 Å². The van der Waals surface area contributed by atoms with Crippen molar-refractivity contribution < 1.29 is 9.59 Å². The topological polar surface area (TPSA) is 101 Å². The third kappa shape index (κ3) is 1.79. The predicted octanol–water partition coefficient (Wildman–Crippen LogP) is -1.09. The Morgan fingerprint density at radius 1 is 1.56 bits per heavy atom. The number of anilines is 2. The summed E-state index contributed by atoms with van der Waals surface area (Å²) < 4.78 is 0. The Hall–Kier alpha value is -2.18. The van der Waals surface area contributed by atoms with Gasteiger partial charge in [-0.15, -0.1) is 0 Å². The molecular formula is C9H11N5O2. The lowest BCUT2D eigenvalue weighted by Crippen LogP contribution is -2.57. The average Bonchev–Trinajstić information content (AvgIpc) is 2.23. The molecular weight excluding hydrogens is 210 g/mol. The highest BCUT2D eigenvalue weighted by Crippen LogP contribution is 2.16. The number of imide groups is 1. The number of nitrogens with one attached hydrogen (secondary N) is 1. The molecule has 7 nitrogen and oxygen atoms in total. The Bertz CT molecular complexity index is 447. The SMILES string of the molecule is CC1C(=O)NC(=O)CN1c1ccnc(N)n1. The number of nitrogens with zero attached hydrogens (tertiary/aromatic N) is 3. The van der Waals surface area contributed by atoms with Crippen molar-refractivity contribution in [3.8, 4) is 0 Å². The van der Waals surface area contributed by atoms with Crippen molar-refractivity contribution in [2.24, 2.45) is 0 Å². The summed E-state index contributed by atoms with van der Waals surface area (Å²) in [5.74, 6) is -0.0972. The van der Waals surface area contributed by atoms with Crippen LogP contribution in [-0.4, -0.2) is 34.4 Å². The fourth-order valence-corrected chi connectivity index (χ4v) is 1.52. The van der Waals surface area contributed by atoms with Crippen molar-refractivity contribution >= 4 is 23.6 Å². The van der Waals surface area contributed by atoms with E-state index in [1.54, 1.807) is 17.9 Å². The van der Waals surface area contributed by atoms with Crippen LogP contribution in [0.25, 0.3) is 0 Å². The molecule has 1 aliphatic heterocycles. The maximum Gasteiger partial charge on any atom is 0.249 e. The molecule has 1 unspecified atom stereocenters. The highest BCUT2D eigenvalue weighted by Gasteiger charge is 2.31. The van der Waals surface area contributed by atoms with Gasteiger partial charge in [0.1, 0.15) is 11.9 Å². The van der Waals surface area contributed by atoms with Gasteiger partial charge >= 0.3 is 0 Å². The first-order chi connectivity index (χ1) is 7.58. The van der Waals surface area contributed by atoms with Crippen molar-refractivity contribution in [3.63, 3.8) is 0 Å². The molecule has 0 aromatic carbocycles. The van der Waals surface area contributed by atoms with Gasteiger partial charge in [-0.25, -0.2) is 4.98 Å². The highest BCUT2D eigenvalue weighted by molar-refractivity contribution is 6.04. The summed E-state index contributed by atoms with van der Waals surface area (Å²) in [6.45, 7) is 1.78. The van der Waals surface area contributed by atoms with E-state index in [9.17, 15) is 9.59 Å². The summed E-state index contributed by atoms with van der Waals surface area (Å²) in [5, 5.41) is 2.25. The molecule has 7 heteroatoms. The fourth-order valence-electron chi connectivity index (χ4n) is 1.52. The maximum atomic E-state index is 11.4. The van der Waals surface area contributed by atoms with Crippen LogP contribution in [0, 0.1) is 0 Å². The van der Waals surface area contributed by atoms with E-state index in [0.29, 0.717) is 5.82 Å². The third-order valence-electron chi connectivity index (χ3n) is 2.38. The standard InChI is InChI=1S/C9H11N5O2/c1-5-8(16)13-7(15)4-14(5)6-2-3-11-9(10)12-6/h2-3,5H,4H2,1H3,(H2,10,11,12)(H,13,15,16). The van der Waals surface area contributed by atoms with Crippen LogP contribution in [0.15, 0.2) is 12.3 Å². The van der Waals surface area contributed by atoms with E-state index in [2.05, 4.69) is 15.3 Å². The van der Waals surface area contributed by atoms with Gasteiger partial charge in [-0.1, -0.05) is 0 Å². The van der Waals surface area contributed by atoms with Crippen molar-refractivity contribution in [3.05, 3.63) is 12.3 Å². The van der Waals surface area contributed by atoms with E-state index in [1.807, 2.05) is 0 Å². The Labute approximate surface area is 91.7 Å². The number of hydrogen-bond acceptors (Lipinski definition) is 6. The van der Waals surface area contributed by atoms with E-state index in [0.717, 1.165) is 0 Å². The summed E-state index contributed by atoms with van der Waals surface area (Å²) in [4.78, 5) is 32.0. The van der Waals surface area contributed by atoms with Gasteiger partial charge in [-0.05, 0) is 13.0 Å². The van der Waals surface area contributed by atoms with Crippen LogP contribution in [0.1, 0.15) is 6.92 Å². The molecule has 0 saturated carbocycles. The van der Waals surface area contributed by atoms with Crippen molar-refractivity contribution in [1.29, 1.82) is 0 Å². The van der Waals surface area contributed by atoms with E-state index in [-0.39, 0.29) is 24.3 Å². The molecule has 0 bridgehead atoms. The molecule has 1 aliphatic rings. The van der Waals surface area contributed by atoms with Crippen molar-refractivity contribution in [1.82, 2.24) is 15.3 Å². The molecule has 1 fully saturated rings. The van der Waals surface area contributed by atoms with Gasteiger partial charge in [-0.3, -0.25) is 14.9 Å². The van der Waals surface area contributed by atoms with Gasteiger partial charge < -0.3 is 10.6 Å². The van der Waals surface area contributed by atoms with Gasteiger partial charge in [0.2, 0.25) is 17.8 Å². The van der Waals surface area contributed by atoms with Gasteiger partial charge in [0.15, 0.2) is 0 Å². The number of carbonyl (C=O) groups excluding carboxylic acids is 2. The number of nitrogens with two attached hydrogens (primary N) is 1. The summed E-state index contributed by atoms with van der Waals surface area (Å²) >= 11 is 0. The Kier molecular flexibility index (Phi) is 2.43. The van der Waals surface area contributed by atoms with Crippen LogP contribution in [0.3, 0.4) is 0 Å². The quantitative estimate of drug-likeness (QED) is 0.584. The number of amides is 2. The summed E-state index contributed by atoms with van der Waals surface area (Å²) in [6.07, 6.45) is 1.49. The first-order valence-corrected chi connectivity index (χ1v) is 4.77. The number of nitrogen functional groups attached to an aromatic ring is 1. The molecule has 1 saturated heterocycles. The molecule has 0 aliphatic carbocycles. The van der Waals surface area contributed by atoms with Gasteiger partial charge in [-0.2, -0.15) is 4.98 Å². The molecule has 2 heterocycles. The smallest absolute Gasteiger partial charge is 0.249 e. The minimum Gasteiger partial charge on any atom is -0.368 e. The van der Waals surface area contributed by atoms with Crippen LogP contribution in [0.2, 0.25) is 0 Å². The average molecular weight is 221 g/mol. The number of piperazine rings is 1. The fraction of sp³-hybridized carbons (Fsp3) is 0.333. The summed E-state index contributed by atoms with van der Waals surface area (Å²) in [7, 11) is 0. The first kappa shape index (κ1) is 10.3. The molecule has 0 radical (unpaired) electrons. The predicted molar refractivity (Wildman–Crippen MR) is 56.4 cm³/mol. The summed E-state index contributed by atoms with van der Waals surface area (Å²) in [5.41, 5.74) is 5.45. The zero-order valence-electron chi connectivity index (χ0n) is 8.67. The monoisotopic (exact) mass is 221 g/mol. The van der Waals surface area contributed by atoms with E-state index in [1.165, 1.54) is 6.20 Å². The molecule has 1 atom stereocenters. The van der Waals surface area contributed by atoms with E-state index in [4.69, 9.17) is 5.73 Å². The zero-order chi connectivity index (χ0) is 11.7. The second-order valence-corrected chi connectivity index (χ2v) is 3.49. The first-order valence-electron chi connectivity index (χ1n) is 4.77. The Morgan fingerprint density at radius 3 is 3.00 bits per heavy atom. The lowest BCUT2D eigenvalue weighted by Gasteiger charge is -2.32. The van der Waals surface area contributed by atoms with E-state index < -0.39 is 6.04 Å². The van der Waals surface area contributed by atoms with Crippen molar-refractivity contribution in [2.75, 3.05) is 17.2 Å². The molecule has 16 heavy (non-hydrogen) atoms. The zero-order valence-corrected chi connectivity index (χ0v) is 8.67.